The Labute approximate surface area is 114 Å². The zero-order chi connectivity index (χ0) is 13.0. The number of thioether (sulfide) groups is 1. The van der Waals surface area contributed by atoms with Crippen molar-refractivity contribution in [2.45, 2.75) is 57.1 Å². The highest BCUT2D eigenvalue weighted by atomic mass is 32.2. The molecule has 4 aliphatic rings. The summed E-state index contributed by atoms with van der Waals surface area (Å²) in [5, 5.41) is 9.24. The molecule has 0 amide bonds. The molecule has 4 aliphatic carbocycles. The number of hydrogen-bond donors (Lipinski definition) is 1. The lowest BCUT2D eigenvalue weighted by atomic mass is 9.56. The van der Waals surface area contributed by atoms with Crippen LogP contribution >= 0.6 is 11.8 Å². The molecule has 0 aromatic heterocycles. The SMILES string of the molecule is CC(C)(CSC12CC3CC(CC(C3)C1)C2)C(=O)O. The van der Waals surface area contributed by atoms with E-state index < -0.39 is 11.4 Å². The highest BCUT2D eigenvalue weighted by Gasteiger charge is 2.51. The van der Waals surface area contributed by atoms with Crippen molar-refractivity contribution in [2.24, 2.45) is 23.2 Å². The van der Waals surface area contributed by atoms with E-state index in [-0.39, 0.29) is 0 Å². The minimum absolute atomic E-state index is 0.446. The van der Waals surface area contributed by atoms with E-state index >= 15 is 0 Å². The standard InChI is InChI=1S/C15H24O2S/c1-14(2,13(16)17)9-18-15-6-10-3-11(7-15)5-12(4-10)8-15/h10-12H,3-9H2,1-2H3,(H,16,17). The van der Waals surface area contributed by atoms with E-state index in [1.807, 2.05) is 25.6 Å². The van der Waals surface area contributed by atoms with Crippen LogP contribution in [0.4, 0.5) is 0 Å². The summed E-state index contributed by atoms with van der Waals surface area (Å²) in [6, 6.07) is 0. The Morgan fingerprint density at radius 3 is 2.00 bits per heavy atom. The fourth-order valence-corrected chi connectivity index (χ4v) is 6.45. The maximum Gasteiger partial charge on any atom is 0.309 e. The largest absolute Gasteiger partial charge is 0.481 e. The second-order valence-corrected chi connectivity index (χ2v) is 9.02. The number of hydrogen-bond acceptors (Lipinski definition) is 2. The van der Waals surface area contributed by atoms with Crippen LogP contribution in [0.3, 0.4) is 0 Å². The van der Waals surface area contributed by atoms with Crippen molar-refractivity contribution in [2.75, 3.05) is 5.75 Å². The fraction of sp³-hybridized carbons (Fsp3) is 0.933. The smallest absolute Gasteiger partial charge is 0.309 e. The van der Waals surface area contributed by atoms with E-state index in [2.05, 4.69) is 0 Å². The van der Waals surface area contributed by atoms with Gasteiger partial charge in [0.25, 0.3) is 0 Å². The van der Waals surface area contributed by atoms with E-state index in [0.717, 1.165) is 23.5 Å². The van der Waals surface area contributed by atoms with Crippen molar-refractivity contribution in [3.63, 3.8) is 0 Å². The lowest BCUT2D eigenvalue weighted by molar-refractivity contribution is -0.145. The number of aliphatic carboxylic acids is 1. The molecule has 0 aliphatic heterocycles. The molecule has 1 N–H and O–H groups in total. The Balaban J connectivity index is 1.67. The third kappa shape index (κ3) is 2.19. The number of rotatable bonds is 4. The second kappa shape index (κ2) is 4.16. The molecule has 0 aromatic carbocycles. The Bertz CT molecular complexity index is 326. The molecule has 0 atom stereocenters. The van der Waals surface area contributed by atoms with Crippen LogP contribution in [0.5, 0.6) is 0 Å². The maximum atomic E-state index is 11.2. The summed E-state index contributed by atoms with van der Waals surface area (Å²) in [5.41, 5.74) is -0.575. The molecule has 3 heteroatoms. The molecule has 0 unspecified atom stereocenters. The molecule has 0 heterocycles. The van der Waals surface area contributed by atoms with Gasteiger partial charge in [0.2, 0.25) is 0 Å². The molecular weight excluding hydrogens is 244 g/mol. The minimum atomic E-state index is -0.653. The molecule has 4 saturated carbocycles. The van der Waals surface area contributed by atoms with Crippen LogP contribution < -0.4 is 0 Å². The molecular formula is C15H24O2S. The molecule has 4 rings (SSSR count). The van der Waals surface area contributed by atoms with Crippen molar-refractivity contribution in [1.82, 2.24) is 0 Å². The third-order valence-electron chi connectivity index (χ3n) is 5.30. The summed E-state index contributed by atoms with van der Waals surface area (Å²) in [5.74, 6) is 2.99. The number of carboxylic acid groups (broad SMARTS) is 1. The van der Waals surface area contributed by atoms with Gasteiger partial charge in [0, 0.05) is 10.5 Å². The zero-order valence-corrected chi connectivity index (χ0v) is 12.3. The normalized spacial score (nSPS) is 42.2. The molecule has 102 valence electrons. The topological polar surface area (TPSA) is 37.3 Å². The predicted molar refractivity (Wildman–Crippen MR) is 74.8 cm³/mol. The van der Waals surface area contributed by atoms with Gasteiger partial charge in [0.15, 0.2) is 0 Å². The van der Waals surface area contributed by atoms with Crippen molar-refractivity contribution >= 4 is 17.7 Å². The van der Waals surface area contributed by atoms with Gasteiger partial charge < -0.3 is 5.11 Å². The van der Waals surface area contributed by atoms with Gasteiger partial charge in [0.1, 0.15) is 0 Å². The van der Waals surface area contributed by atoms with Crippen molar-refractivity contribution in [3.05, 3.63) is 0 Å². The predicted octanol–water partition coefficient (Wildman–Crippen LogP) is 3.80. The summed E-state index contributed by atoms with van der Waals surface area (Å²) in [6.07, 6.45) is 8.46. The Morgan fingerprint density at radius 1 is 1.17 bits per heavy atom. The summed E-state index contributed by atoms with van der Waals surface area (Å²) in [6.45, 7) is 3.73. The minimum Gasteiger partial charge on any atom is -0.481 e. The molecule has 2 nitrogen and oxygen atoms in total. The lowest BCUT2D eigenvalue weighted by Gasteiger charge is -2.56. The summed E-state index contributed by atoms with van der Waals surface area (Å²) in [4.78, 5) is 11.2. The quantitative estimate of drug-likeness (QED) is 0.842. The lowest BCUT2D eigenvalue weighted by Crippen LogP contribution is -2.49. The first-order valence-electron chi connectivity index (χ1n) is 7.26. The van der Waals surface area contributed by atoms with E-state index in [0.29, 0.717) is 4.75 Å². The molecule has 0 radical (unpaired) electrons. The van der Waals surface area contributed by atoms with Gasteiger partial charge in [-0.05, 0) is 70.1 Å². The monoisotopic (exact) mass is 268 g/mol. The van der Waals surface area contributed by atoms with Gasteiger partial charge in [-0.2, -0.15) is 11.8 Å². The first-order valence-corrected chi connectivity index (χ1v) is 8.24. The van der Waals surface area contributed by atoms with Gasteiger partial charge >= 0.3 is 5.97 Å². The average molecular weight is 268 g/mol. The van der Waals surface area contributed by atoms with Crippen LogP contribution in [0.2, 0.25) is 0 Å². The number of carbonyl (C=O) groups is 1. The summed E-state index contributed by atoms with van der Waals surface area (Å²) < 4.78 is 0.446. The molecule has 0 aromatic rings. The van der Waals surface area contributed by atoms with E-state index in [4.69, 9.17) is 0 Å². The number of carboxylic acids is 1. The first kappa shape index (κ1) is 12.8. The van der Waals surface area contributed by atoms with Crippen LogP contribution in [-0.2, 0) is 4.79 Å². The maximum absolute atomic E-state index is 11.2. The molecule has 0 spiro atoms. The van der Waals surface area contributed by atoms with Crippen LogP contribution in [0.25, 0.3) is 0 Å². The van der Waals surface area contributed by atoms with Crippen LogP contribution in [0.15, 0.2) is 0 Å². The third-order valence-corrected chi connectivity index (χ3v) is 7.28. The zero-order valence-electron chi connectivity index (χ0n) is 11.4. The Kier molecular flexibility index (Phi) is 2.96. The van der Waals surface area contributed by atoms with E-state index in [1.165, 1.54) is 38.5 Å². The van der Waals surface area contributed by atoms with Gasteiger partial charge in [-0.1, -0.05) is 0 Å². The van der Waals surface area contributed by atoms with Gasteiger partial charge in [-0.25, -0.2) is 0 Å². The summed E-state index contributed by atoms with van der Waals surface area (Å²) in [7, 11) is 0. The van der Waals surface area contributed by atoms with Crippen LogP contribution in [0, 0.1) is 23.2 Å². The highest BCUT2D eigenvalue weighted by molar-refractivity contribution is 8.00. The van der Waals surface area contributed by atoms with Crippen LogP contribution in [0.1, 0.15) is 52.4 Å². The molecule has 18 heavy (non-hydrogen) atoms. The fourth-order valence-electron chi connectivity index (χ4n) is 4.60. The van der Waals surface area contributed by atoms with Crippen molar-refractivity contribution in [3.8, 4) is 0 Å². The highest BCUT2D eigenvalue weighted by Crippen LogP contribution is 2.61. The van der Waals surface area contributed by atoms with E-state index in [9.17, 15) is 9.90 Å². The second-order valence-electron chi connectivity index (χ2n) is 7.58. The van der Waals surface area contributed by atoms with Gasteiger partial charge in [-0.15, -0.1) is 0 Å². The molecule has 4 fully saturated rings. The summed E-state index contributed by atoms with van der Waals surface area (Å²) >= 11 is 1.99. The Hall–Kier alpha value is -0.180. The first-order chi connectivity index (χ1) is 8.39. The molecule has 0 saturated heterocycles. The van der Waals surface area contributed by atoms with Gasteiger partial charge in [-0.3, -0.25) is 4.79 Å². The average Bonchev–Trinajstić information content (AvgIpc) is 2.24. The van der Waals surface area contributed by atoms with Crippen LogP contribution in [-0.4, -0.2) is 21.6 Å². The van der Waals surface area contributed by atoms with E-state index in [1.54, 1.807) is 0 Å². The van der Waals surface area contributed by atoms with Gasteiger partial charge in [0.05, 0.1) is 5.41 Å². The van der Waals surface area contributed by atoms with Crippen molar-refractivity contribution < 1.29 is 9.90 Å². The molecule has 4 bridgehead atoms. The Morgan fingerprint density at radius 2 is 1.61 bits per heavy atom. The van der Waals surface area contributed by atoms with Crippen molar-refractivity contribution in [1.29, 1.82) is 0 Å².